The zero-order valence-electron chi connectivity index (χ0n) is 14.8. The maximum atomic E-state index is 11.3. The highest BCUT2D eigenvalue weighted by molar-refractivity contribution is 6.04. The van der Waals surface area contributed by atoms with Crippen LogP contribution in [-0.4, -0.2) is 55.9 Å². The summed E-state index contributed by atoms with van der Waals surface area (Å²) in [6.07, 6.45) is -0.877. The Morgan fingerprint density at radius 3 is 2.85 bits per heavy atom. The number of carbonyl (C=O) groups excluding carboxylic acids is 2. The number of nitrogens with one attached hydrogen (secondary N) is 2. The molecule has 1 aliphatic carbocycles. The van der Waals surface area contributed by atoms with E-state index in [2.05, 4.69) is 20.6 Å². The lowest BCUT2D eigenvalue weighted by atomic mass is 10.0. The summed E-state index contributed by atoms with van der Waals surface area (Å²) in [5.41, 5.74) is 0.307. The van der Waals surface area contributed by atoms with Gasteiger partial charge in [0, 0.05) is 32.6 Å². The maximum Gasteiger partial charge on any atom is 0.302 e. The normalized spacial score (nSPS) is 34.3. The number of aliphatic hydroxyl groups excluding tert-OH is 2. The van der Waals surface area contributed by atoms with E-state index >= 15 is 0 Å². The number of nitrogens with zero attached hydrogens (tertiary/aromatic N) is 3. The predicted molar refractivity (Wildman–Crippen MR) is 90.3 cm³/mol. The number of fused-ring (bicyclic) bond motifs is 2. The van der Waals surface area contributed by atoms with Crippen molar-refractivity contribution in [3.63, 3.8) is 0 Å². The van der Waals surface area contributed by atoms with E-state index in [4.69, 9.17) is 9.47 Å². The molecule has 0 aromatic carbocycles. The van der Waals surface area contributed by atoms with Crippen LogP contribution in [0.25, 0.3) is 0 Å². The molecule has 1 unspecified atom stereocenters. The number of imidazole rings is 1. The van der Waals surface area contributed by atoms with Gasteiger partial charge in [0.1, 0.15) is 29.9 Å². The number of aromatic nitrogens is 2. The Morgan fingerprint density at radius 2 is 2.15 bits per heavy atom. The van der Waals surface area contributed by atoms with Crippen LogP contribution in [0.2, 0.25) is 0 Å². The zero-order valence-corrected chi connectivity index (χ0v) is 14.8. The van der Waals surface area contributed by atoms with Gasteiger partial charge in [-0.2, -0.15) is 0 Å². The summed E-state index contributed by atoms with van der Waals surface area (Å²) >= 11 is 0. The van der Waals surface area contributed by atoms with Crippen molar-refractivity contribution in [1.82, 2.24) is 14.9 Å². The van der Waals surface area contributed by atoms with Gasteiger partial charge in [-0.15, -0.1) is 0 Å². The van der Waals surface area contributed by atoms with Crippen molar-refractivity contribution in [2.75, 3.05) is 5.32 Å². The third kappa shape index (κ3) is 3.17. The van der Waals surface area contributed by atoms with Crippen LogP contribution in [0.5, 0.6) is 0 Å². The molecule has 4 rings (SSSR count). The molecule has 1 saturated heterocycles. The standard InChI is InChI=1S/C16H21N5O6/c1-6(22)18-16-19-14-12(15(25)20-16)17-5-21(14)11-3-8-9(24)4-10(13(8)27-11)26-7(2)23/h5,8-11,13,15,24-25H,3-4H2,1-2H3,(H2,18,19,20,22)/t8-,9+,10+,11-,13-,15?/m0/s1. The molecule has 11 heteroatoms. The third-order valence-corrected chi connectivity index (χ3v) is 5.02. The molecule has 1 aromatic heterocycles. The third-order valence-electron chi connectivity index (χ3n) is 5.02. The van der Waals surface area contributed by atoms with Crippen LogP contribution in [0, 0.1) is 5.92 Å². The van der Waals surface area contributed by atoms with E-state index in [9.17, 15) is 19.8 Å². The summed E-state index contributed by atoms with van der Waals surface area (Å²) in [7, 11) is 0. The number of carbonyl (C=O) groups is 2. The highest BCUT2D eigenvalue weighted by Crippen LogP contribution is 2.46. The van der Waals surface area contributed by atoms with E-state index in [1.54, 1.807) is 4.57 Å². The quantitative estimate of drug-likeness (QED) is 0.498. The Labute approximate surface area is 154 Å². The second kappa shape index (κ2) is 6.59. The number of hydrogen-bond donors (Lipinski definition) is 4. The molecule has 146 valence electrons. The number of rotatable bonds is 2. The zero-order chi connectivity index (χ0) is 19.3. The SMILES string of the molecule is CC(=O)NC1=NC(O)c2ncn([C@@H]3C[C@@H]4[C@H](O3)[C@H](OC(C)=O)C[C@H]4O)c2N1. The molecule has 0 bridgehead atoms. The molecule has 3 aliphatic rings. The van der Waals surface area contributed by atoms with E-state index in [1.807, 2.05) is 0 Å². The van der Waals surface area contributed by atoms with Crippen LogP contribution in [0.3, 0.4) is 0 Å². The minimum atomic E-state index is -1.22. The molecule has 0 spiro atoms. The van der Waals surface area contributed by atoms with Gasteiger partial charge in [0.2, 0.25) is 11.9 Å². The van der Waals surface area contributed by atoms with Crippen molar-refractivity contribution in [1.29, 1.82) is 0 Å². The molecule has 4 N–H and O–H groups in total. The van der Waals surface area contributed by atoms with E-state index in [-0.39, 0.29) is 17.8 Å². The summed E-state index contributed by atoms with van der Waals surface area (Å²) in [6.45, 7) is 2.66. The Hall–Kier alpha value is -2.50. The highest BCUT2D eigenvalue weighted by atomic mass is 16.6. The van der Waals surface area contributed by atoms with Gasteiger partial charge >= 0.3 is 5.97 Å². The van der Waals surface area contributed by atoms with Gasteiger partial charge in [-0.1, -0.05) is 0 Å². The maximum absolute atomic E-state index is 11.3. The molecular formula is C16H21N5O6. The average molecular weight is 379 g/mol. The molecule has 2 aliphatic heterocycles. The monoisotopic (exact) mass is 379 g/mol. The fourth-order valence-corrected chi connectivity index (χ4v) is 3.97. The second-order valence-corrected chi connectivity index (χ2v) is 6.95. The number of ether oxygens (including phenoxy) is 2. The molecule has 1 aromatic rings. The fourth-order valence-electron chi connectivity index (χ4n) is 3.97. The smallest absolute Gasteiger partial charge is 0.302 e. The summed E-state index contributed by atoms with van der Waals surface area (Å²) < 4.78 is 13.0. The summed E-state index contributed by atoms with van der Waals surface area (Å²) in [5, 5.41) is 25.9. The van der Waals surface area contributed by atoms with Gasteiger partial charge < -0.3 is 25.0 Å². The van der Waals surface area contributed by atoms with E-state index in [1.165, 1.54) is 20.2 Å². The predicted octanol–water partition coefficient (Wildman–Crippen LogP) is -0.608. The molecule has 2 fully saturated rings. The molecular weight excluding hydrogens is 358 g/mol. The van der Waals surface area contributed by atoms with Crippen LogP contribution < -0.4 is 10.6 Å². The number of guanidine groups is 1. The first-order valence-electron chi connectivity index (χ1n) is 8.71. The van der Waals surface area contributed by atoms with Gasteiger partial charge in [0.25, 0.3) is 0 Å². The van der Waals surface area contributed by atoms with Gasteiger partial charge in [-0.05, 0) is 0 Å². The lowest BCUT2D eigenvalue weighted by Gasteiger charge is -2.24. The molecule has 27 heavy (non-hydrogen) atoms. The number of aliphatic imine (C=N–C) groups is 1. The molecule has 1 amide bonds. The average Bonchev–Trinajstić information content (AvgIpc) is 3.22. The van der Waals surface area contributed by atoms with Crippen molar-refractivity contribution in [2.24, 2.45) is 10.9 Å². The van der Waals surface area contributed by atoms with Gasteiger partial charge in [0.15, 0.2) is 6.23 Å². The lowest BCUT2D eigenvalue weighted by Crippen LogP contribution is -2.38. The van der Waals surface area contributed by atoms with E-state index in [0.29, 0.717) is 24.4 Å². The largest absolute Gasteiger partial charge is 0.460 e. The van der Waals surface area contributed by atoms with Crippen LogP contribution >= 0.6 is 0 Å². The minimum absolute atomic E-state index is 0.111. The number of esters is 1. The Bertz CT molecular complexity index is 807. The number of hydrogen-bond acceptors (Lipinski definition) is 9. The second-order valence-electron chi connectivity index (χ2n) is 6.95. The van der Waals surface area contributed by atoms with Crippen molar-refractivity contribution in [3.05, 3.63) is 12.0 Å². The van der Waals surface area contributed by atoms with Crippen molar-refractivity contribution >= 4 is 23.7 Å². The van der Waals surface area contributed by atoms with Crippen LogP contribution in [-0.2, 0) is 19.1 Å². The summed E-state index contributed by atoms with van der Waals surface area (Å²) in [5.74, 6) is -0.359. The Morgan fingerprint density at radius 1 is 1.37 bits per heavy atom. The summed E-state index contributed by atoms with van der Waals surface area (Å²) in [4.78, 5) is 30.7. The molecule has 0 radical (unpaired) electrons. The molecule has 1 saturated carbocycles. The van der Waals surface area contributed by atoms with Crippen molar-refractivity contribution < 1.29 is 29.3 Å². The Kier molecular flexibility index (Phi) is 4.36. The van der Waals surface area contributed by atoms with E-state index < -0.39 is 36.7 Å². The first-order valence-corrected chi connectivity index (χ1v) is 8.71. The van der Waals surface area contributed by atoms with Crippen LogP contribution in [0.1, 0.15) is 44.8 Å². The first kappa shape index (κ1) is 17.9. The highest BCUT2D eigenvalue weighted by Gasteiger charge is 2.52. The van der Waals surface area contributed by atoms with Crippen molar-refractivity contribution in [3.8, 4) is 0 Å². The molecule has 11 nitrogen and oxygen atoms in total. The van der Waals surface area contributed by atoms with E-state index in [0.717, 1.165) is 0 Å². The number of amides is 1. The lowest BCUT2D eigenvalue weighted by molar-refractivity contribution is -0.154. The Balaban J connectivity index is 1.55. The van der Waals surface area contributed by atoms with Gasteiger partial charge in [-0.25, -0.2) is 9.98 Å². The van der Waals surface area contributed by atoms with Gasteiger partial charge in [-0.3, -0.25) is 19.5 Å². The molecule has 3 heterocycles. The fraction of sp³-hybridized carbons (Fsp3) is 0.625. The van der Waals surface area contributed by atoms with Crippen LogP contribution in [0.15, 0.2) is 11.3 Å². The number of aliphatic hydroxyl groups is 2. The first-order chi connectivity index (χ1) is 12.8. The van der Waals surface area contributed by atoms with Crippen LogP contribution in [0.4, 0.5) is 5.82 Å². The topological polar surface area (TPSA) is 147 Å². The van der Waals surface area contributed by atoms with Gasteiger partial charge in [0.05, 0.1) is 12.4 Å². The number of anilines is 1. The minimum Gasteiger partial charge on any atom is -0.460 e. The molecule has 6 atom stereocenters. The summed E-state index contributed by atoms with van der Waals surface area (Å²) in [6, 6.07) is 0. The van der Waals surface area contributed by atoms with Crippen molar-refractivity contribution in [2.45, 2.75) is 57.5 Å².